The molecule has 0 radical (unpaired) electrons. The molecule has 0 aliphatic heterocycles. The maximum absolute atomic E-state index is 13.8. The average Bonchev–Trinajstić information content (AvgIpc) is 2.45. The van der Waals surface area contributed by atoms with E-state index in [2.05, 4.69) is 0 Å². The highest BCUT2D eigenvalue weighted by Crippen LogP contribution is 2.35. The topological polar surface area (TPSA) is 44.5 Å². The van der Waals surface area contributed by atoms with Crippen molar-refractivity contribution in [2.75, 3.05) is 12.3 Å². The molecule has 2 rings (SSSR count). The molecule has 112 valence electrons. The van der Waals surface area contributed by atoms with Crippen LogP contribution in [0.25, 0.3) is 0 Å². The van der Waals surface area contributed by atoms with Crippen LogP contribution in [0.5, 0.6) is 17.2 Å². The quantitative estimate of drug-likeness (QED) is 0.818. The van der Waals surface area contributed by atoms with Crippen molar-refractivity contribution in [2.45, 2.75) is 27.2 Å². The van der Waals surface area contributed by atoms with Gasteiger partial charge in [-0.1, -0.05) is 19.1 Å². The molecule has 21 heavy (non-hydrogen) atoms. The molecule has 0 heterocycles. The lowest BCUT2D eigenvalue weighted by atomic mass is 10.1. The largest absolute Gasteiger partial charge is 0.490 e. The molecule has 4 heteroatoms. The van der Waals surface area contributed by atoms with Gasteiger partial charge in [0, 0.05) is 12.1 Å². The van der Waals surface area contributed by atoms with Gasteiger partial charge in [0.1, 0.15) is 5.75 Å². The van der Waals surface area contributed by atoms with E-state index in [-0.39, 0.29) is 11.4 Å². The Balaban J connectivity index is 2.33. The summed E-state index contributed by atoms with van der Waals surface area (Å²) >= 11 is 0. The Labute approximate surface area is 124 Å². The summed E-state index contributed by atoms with van der Waals surface area (Å²) in [4.78, 5) is 0. The van der Waals surface area contributed by atoms with Gasteiger partial charge in [0.05, 0.1) is 12.3 Å². The normalized spacial score (nSPS) is 10.5. The lowest BCUT2D eigenvalue weighted by Gasteiger charge is -2.14. The maximum Gasteiger partial charge on any atom is 0.167 e. The van der Waals surface area contributed by atoms with Crippen LogP contribution in [0.2, 0.25) is 0 Å². The Hall–Kier alpha value is -2.23. The molecule has 3 nitrogen and oxygen atoms in total. The standard InChI is InChI=1S/C17H20FNO2/c1-4-8-20-16-10-17(14(19)9-13(16)18)21-15-7-5-6-11(2)12(15)3/h5-7,9-10H,4,8,19H2,1-3H3. The predicted octanol–water partition coefficient (Wildman–Crippen LogP) is 4.61. The van der Waals surface area contributed by atoms with Crippen molar-refractivity contribution in [1.82, 2.24) is 0 Å². The second-order valence-corrected chi connectivity index (χ2v) is 4.97. The highest BCUT2D eigenvalue weighted by molar-refractivity contribution is 5.58. The summed E-state index contributed by atoms with van der Waals surface area (Å²) in [7, 11) is 0. The molecule has 0 spiro atoms. The predicted molar refractivity (Wildman–Crippen MR) is 82.6 cm³/mol. The van der Waals surface area contributed by atoms with Crippen LogP contribution in [0.4, 0.5) is 10.1 Å². The third-order valence-corrected chi connectivity index (χ3v) is 3.30. The Morgan fingerprint density at radius 2 is 1.86 bits per heavy atom. The van der Waals surface area contributed by atoms with Gasteiger partial charge in [-0.3, -0.25) is 0 Å². The van der Waals surface area contributed by atoms with Gasteiger partial charge in [-0.25, -0.2) is 4.39 Å². The van der Waals surface area contributed by atoms with Gasteiger partial charge < -0.3 is 15.2 Å². The van der Waals surface area contributed by atoms with Gasteiger partial charge in [-0.2, -0.15) is 0 Å². The zero-order valence-electron chi connectivity index (χ0n) is 12.6. The number of hydrogen-bond donors (Lipinski definition) is 1. The third kappa shape index (κ3) is 3.45. The monoisotopic (exact) mass is 289 g/mol. The number of aryl methyl sites for hydroxylation is 1. The number of nitrogen functional groups attached to an aromatic ring is 1. The number of nitrogens with two attached hydrogens (primary N) is 1. The van der Waals surface area contributed by atoms with E-state index in [4.69, 9.17) is 15.2 Å². The van der Waals surface area contributed by atoms with Crippen LogP contribution in [0.1, 0.15) is 24.5 Å². The number of halogens is 1. The fraction of sp³-hybridized carbons (Fsp3) is 0.294. The first kappa shape index (κ1) is 15.2. The van der Waals surface area contributed by atoms with Gasteiger partial charge in [0.2, 0.25) is 0 Å². The average molecular weight is 289 g/mol. The van der Waals surface area contributed by atoms with Gasteiger partial charge in [0.15, 0.2) is 17.3 Å². The number of ether oxygens (including phenoxy) is 2. The molecule has 2 aromatic rings. The van der Waals surface area contributed by atoms with Crippen LogP contribution in [-0.2, 0) is 0 Å². The molecule has 2 aromatic carbocycles. The van der Waals surface area contributed by atoms with Crippen molar-refractivity contribution >= 4 is 5.69 Å². The molecule has 0 bridgehead atoms. The van der Waals surface area contributed by atoms with E-state index in [0.29, 0.717) is 18.1 Å². The molecule has 0 amide bonds. The van der Waals surface area contributed by atoms with E-state index >= 15 is 0 Å². The van der Waals surface area contributed by atoms with Crippen LogP contribution in [0, 0.1) is 19.7 Å². The molecule has 2 N–H and O–H groups in total. The molecular weight excluding hydrogens is 269 g/mol. The fourth-order valence-corrected chi connectivity index (χ4v) is 1.91. The van der Waals surface area contributed by atoms with E-state index in [0.717, 1.165) is 17.5 Å². The minimum Gasteiger partial charge on any atom is -0.490 e. The highest BCUT2D eigenvalue weighted by atomic mass is 19.1. The summed E-state index contributed by atoms with van der Waals surface area (Å²) in [6.45, 7) is 6.39. The summed E-state index contributed by atoms with van der Waals surface area (Å²) < 4.78 is 25.0. The first-order valence-electron chi connectivity index (χ1n) is 6.98. The van der Waals surface area contributed by atoms with E-state index < -0.39 is 5.82 Å². The van der Waals surface area contributed by atoms with Crippen LogP contribution in [0.15, 0.2) is 30.3 Å². The van der Waals surface area contributed by atoms with Crippen molar-refractivity contribution in [2.24, 2.45) is 0 Å². The number of rotatable bonds is 5. The molecule has 0 atom stereocenters. The minimum absolute atomic E-state index is 0.159. The molecule has 0 saturated heterocycles. The molecule has 0 unspecified atom stereocenters. The zero-order valence-corrected chi connectivity index (χ0v) is 12.6. The van der Waals surface area contributed by atoms with Gasteiger partial charge in [-0.15, -0.1) is 0 Å². The Kier molecular flexibility index (Phi) is 4.68. The fourth-order valence-electron chi connectivity index (χ4n) is 1.91. The Morgan fingerprint density at radius 3 is 2.57 bits per heavy atom. The third-order valence-electron chi connectivity index (χ3n) is 3.30. The van der Waals surface area contributed by atoms with Crippen LogP contribution < -0.4 is 15.2 Å². The van der Waals surface area contributed by atoms with Crippen molar-refractivity contribution < 1.29 is 13.9 Å². The number of anilines is 1. The summed E-state index contributed by atoms with van der Waals surface area (Å²) in [6, 6.07) is 8.50. The van der Waals surface area contributed by atoms with Crippen molar-refractivity contribution in [3.05, 3.63) is 47.3 Å². The lowest BCUT2D eigenvalue weighted by molar-refractivity contribution is 0.299. The summed E-state index contributed by atoms with van der Waals surface area (Å²) in [5, 5.41) is 0. The van der Waals surface area contributed by atoms with Crippen molar-refractivity contribution in [3.63, 3.8) is 0 Å². The minimum atomic E-state index is -0.478. The van der Waals surface area contributed by atoms with Crippen molar-refractivity contribution in [3.8, 4) is 17.2 Å². The van der Waals surface area contributed by atoms with Crippen LogP contribution >= 0.6 is 0 Å². The lowest BCUT2D eigenvalue weighted by Crippen LogP contribution is -2.01. The van der Waals surface area contributed by atoms with Gasteiger partial charge in [-0.05, 0) is 37.5 Å². The molecule has 0 aliphatic rings. The molecule has 0 aliphatic carbocycles. The second-order valence-electron chi connectivity index (χ2n) is 4.97. The molecule has 0 saturated carbocycles. The Bertz CT molecular complexity index is 641. The SMILES string of the molecule is CCCOc1cc(Oc2cccc(C)c2C)c(N)cc1F. The summed E-state index contributed by atoms with van der Waals surface area (Å²) in [6.07, 6.45) is 0.803. The van der Waals surface area contributed by atoms with Crippen LogP contribution in [0.3, 0.4) is 0 Å². The van der Waals surface area contributed by atoms with Gasteiger partial charge >= 0.3 is 0 Å². The smallest absolute Gasteiger partial charge is 0.167 e. The summed E-state index contributed by atoms with van der Waals surface area (Å²) in [5.74, 6) is 0.784. The molecule has 0 fully saturated rings. The van der Waals surface area contributed by atoms with E-state index in [1.807, 2.05) is 39.0 Å². The van der Waals surface area contributed by atoms with Crippen LogP contribution in [-0.4, -0.2) is 6.61 Å². The van der Waals surface area contributed by atoms with E-state index in [1.165, 1.54) is 12.1 Å². The van der Waals surface area contributed by atoms with E-state index in [9.17, 15) is 4.39 Å². The number of benzene rings is 2. The number of hydrogen-bond acceptors (Lipinski definition) is 3. The first-order chi connectivity index (χ1) is 10.0. The Morgan fingerprint density at radius 1 is 1.10 bits per heavy atom. The maximum atomic E-state index is 13.8. The first-order valence-corrected chi connectivity index (χ1v) is 6.98. The van der Waals surface area contributed by atoms with Crippen molar-refractivity contribution in [1.29, 1.82) is 0 Å². The molecule has 0 aromatic heterocycles. The summed E-state index contributed by atoms with van der Waals surface area (Å²) in [5.41, 5.74) is 8.23. The van der Waals surface area contributed by atoms with Gasteiger partial charge in [0.25, 0.3) is 0 Å². The molecular formula is C17H20FNO2. The van der Waals surface area contributed by atoms with E-state index in [1.54, 1.807) is 0 Å². The highest BCUT2D eigenvalue weighted by Gasteiger charge is 2.12. The zero-order chi connectivity index (χ0) is 15.4. The second kappa shape index (κ2) is 6.48.